The van der Waals surface area contributed by atoms with Crippen LogP contribution in [0.2, 0.25) is 0 Å². The van der Waals surface area contributed by atoms with Crippen LogP contribution in [0.25, 0.3) is 0 Å². The summed E-state index contributed by atoms with van der Waals surface area (Å²) in [5.74, 6) is 1.67. The highest BCUT2D eigenvalue weighted by atomic mass is 127. The van der Waals surface area contributed by atoms with E-state index in [1.54, 1.807) is 0 Å². The van der Waals surface area contributed by atoms with E-state index >= 15 is 0 Å². The van der Waals surface area contributed by atoms with Crippen molar-refractivity contribution in [2.75, 3.05) is 39.4 Å². The Balaban J connectivity index is 0.00000312. The molecule has 0 radical (unpaired) electrons. The van der Waals surface area contributed by atoms with Gasteiger partial charge in [0.25, 0.3) is 0 Å². The first-order valence-electron chi connectivity index (χ1n) is 9.80. The Morgan fingerprint density at radius 3 is 2.36 bits per heavy atom. The van der Waals surface area contributed by atoms with Crippen molar-refractivity contribution in [1.82, 2.24) is 15.5 Å². The number of halogens is 1. The number of ether oxygens (including phenoxy) is 1. The van der Waals surface area contributed by atoms with E-state index in [9.17, 15) is 0 Å². The summed E-state index contributed by atoms with van der Waals surface area (Å²) in [6.07, 6.45) is 9.13. The van der Waals surface area contributed by atoms with Crippen LogP contribution in [0.3, 0.4) is 0 Å². The fraction of sp³-hybridized carbons (Fsp3) is 0.842. The molecule has 0 spiro atoms. The quantitative estimate of drug-likeness (QED) is 0.251. The summed E-state index contributed by atoms with van der Waals surface area (Å²) >= 11 is 0. The van der Waals surface area contributed by atoms with Crippen LogP contribution in [-0.2, 0) is 4.74 Å². The third kappa shape index (κ3) is 7.43. The van der Waals surface area contributed by atoms with Gasteiger partial charge in [0.05, 0.1) is 19.8 Å². The van der Waals surface area contributed by atoms with Crippen molar-refractivity contribution in [3.8, 4) is 0 Å². The largest absolute Gasteiger partial charge is 0.379 e. The topological polar surface area (TPSA) is 48.9 Å². The lowest BCUT2D eigenvalue weighted by Gasteiger charge is -2.38. The monoisotopic (exact) mass is 464 g/mol. The van der Waals surface area contributed by atoms with Crippen LogP contribution >= 0.6 is 24.0 Å². The number of rotatable bonds is 8. The fourth-order valence-electron chi connectivity index (χ4n) is 3.74. The predicted octanol–water partition coefficient (Wildman–Crippen LogP) is 3.02. The molecule has 0 aromatic heterocycles. The van der Waals surface area contributed by atoms with Gasteiger partial charge in [0.1, 0.15) is 0 Å². The van der Waals surface area contributed by atoms with Gasteiger partial charge in [0, 0.05) is 31.7 Å². The Labute approximate surface area is 171 Å². The van der Waals surface area contributed by atoms with Crippen LogP contribution in [0.4, 0.5) is 0 Å². The highest BCUT2D eigenvalue weighted by Gasteiger charge is 2.27. The van der Waals surface area contributed by atoms with E-state index in [-0.39, 0.29) is 24.0 Å². The van der Waals surface area contributed by atoms with Crippen LogP contribution in [0.15, 0.2) is 17.1 Å². The zero-order valence-corrected chi connectivity index (χ0v) is 18.5. The molecule has 0 aromatic carbocycles. The lowest BCUT2D eigenvalue weighted by Crippen LogP contribution is -2.49. The number of nitrogens with zero attached hydrogens (tertiary/aromatic N) is 2. The Morgan fingerprint density at radius 2 is 1.80 bits per heavy atom. The first-order valence-corrected chi connectivity index (χ1v) is 9.80. The maximum absolute atomic E-state index is 5.54. The van der Waals surface area contributed by atoms with Crippen molar-refractivity contribution < 1.29 is 4.74 Å². The van der Waals surface area contributed by atoms with Gasteiger partial charge in [-0.05, 0) is 25.7 Å². The standard InChI is InChI=1S/C19H36N4O.HI/c1-4-16(5-2)18(23-11-13-24-14-12-23)15-21-19(20-6-3)22-17-9-7-8-10-17;/h7-8,16-18H,4-6,9-15H2,1-3H3,(H2,20,21,22);1H. The molecule has 2 N–H and O–H groups in total. The molecule has 5 nitrogen and oxygen atoms in total. The average molecular weight is 464 g/mol. The van der Waals surface area contributed by atoms with Crippen molar-refractivity contribution in [2.24, 2.45) is 10.9 Å². The SMILES string of the molecule is CCNC(=NCC(C(CC)CC)N1CCOCC1)NC1CC=CC1.I. The Morgan fingerprint density at radius 1 is 1.16 bits per heavy atom. The fourth-order valence-corrected chi connectivity index (χ4v) is 3.74. The first-order chi connectivity index (χ1) is 11.8. The van der Waals surface area contributed by atoms with Crippen molar-refractivity contribution in [1.29, 1.82) is 0 Å². The molecule has 25 heavy (non-hydrogen) atoms. The smallest absolute Gasteiger partial charge is 0.191 e. The summed E-state index contributed by atoms with van der Waals surface area (Å²) in [5, 5.41) is 6.99. The van der Waals surface area contributed by atoms with Crippen LogP contribution in [0.5, 0.6) is 0 Å². The summed E-state index contributed by atoms with van der Waals surface area (Å²) in [7, 11) is 0. The molecule has 2 rings (SSSR count). The van der Waals surface area contributed by atoms with Crippen LogP contribution < -0.4 is 10.6 Å². The van der Waals surface area contributed by atoms with E-state index in [1.165, 1.54) is 12.8 Å². The minimum atomic E-state index is 0. The molecule has 146 valence electrons. The van der Waals surface area contributed by atoms with Crippen molar-refractivity contribution >= 4 is 29.9 Å². The highest BCUT2D eigenvalue weighted by molar-refractivity contribution is 14.0. The van der Waals surface area contributed by atoms with Gasteiger partial charge in [-0.2, -0.15) is 0 Å². The summed E-state index contributed by atoms with van der Waals surface area (Å²) in [5.41, 5.74) is 0. The third-order valence-electron chi connectivity index (χ3n) is 5.24. The molecule has 0 bridgehead atoms. The van der Waals surface area contributed by atoms with E-state index in [1.807, 2.05) is 0 Å². The Bertz CT molecular complexity index is 398. The average Bonchev–Trinajstić information content (AvgIpc) is 3.12. The molecule has 2 aliphatic rings. The van der Waals surface area contributed by atoms with Crippen LogP contribution in [-0.4, -0.2) is 62.3 Å². The Hall–Kier alpha value is -0.340. The maximum atomic E-state index is 5.54. The van der Waals surface area contributed by atoms with Crippen molar-refractivity contribution in [3.63, 3.8) is 0 Å². The van der Waals surface area contributed by atoms with Gasteiger partial charge < -0.3 is 15.4 Å². The lowest BCUT2D eigenvalue weighted by atomic mass is 9.92. The van der Waals surface area contributed by atoms with Crippen molar-refractivity contribution in [3.05, 3.63) is 12.2 Å². The third-order valence-corrected chi connectivity index (χ3v) is 5.24. The zero-order valence-electron chi connectivity index (χ0n) is 16.2. The van der Waals surface area contributed by atoms with Crippen molar-refractivity contribution in [2.45, 2.75) is 58.5 Å². The normalized spacial score (nSPS) is 20.6. The predicted molar refractivity (Wildman–Crippen MR) is 117 cm³/mol. The zero-order chi connectivity index (χ0) is 17.2. The van der Waals surface area contributed by atoms with Gasteiger partial charge in [0.15, 0.2) is 5.96 Å². The number of morpholine rings is 1. The van der Waals surface area contributed by atoms with E-state index in [2.05, 4.69) is 48.5 Å². The number of hydrogen-bond acceptors (Lipinski definition) is 3. The van der Waals surface area contributed by atoms with E-state index < -0.39 is 0 Å². The number of guanidine groups is 1. The molecule has 0 amide bonds. The van der Waals surface area contributed by atoms with E-state index in [0.717, 1.165) is 58.2 Å². The van der Waals surface area contributed by atoms with E-state index in [4.69, 9.17) is 9.73 Å². The van der Waals surface area contributed by atoms with Crippen LogP contribution in [0, 0.1) is 5.92 Å². The van der Waals surface area contributed by atoms with Gasteiger partial charge in [-0.25, -0.2) is 0 Å². The molecular weight excluding hydrogens is 427 g/mol. The van der Waals surface area contributed by atoms with Crippen LogP contribution in [0.1, 0.15) is 46.5 Å². The van der Waals surface area contributed by atoms with Gasteiger partial charge in [-0.3, -0.25) is 9.89 Å². The minimum absolute atomic E-state index is 0. The van der Waals surface area contributed by atoms with Gasteiger partial charge in [-0.1, -0.05) is 38.8 Å². The molecular formula is C19H37IN4O. The molecule has 0 saturated carbocycles. The number of aliphatic imine (C=N–C) groups is 1. The first kappa shape index (κ1) is 22.7. The van der Waals surface area contributed by atoms with Gasteiger partial charge in [-0.15, -0.1) is 24.0 Å². The second-order valence-electron chi connectivity index (χ2n) is 6.80. The molecule has 0 aromatic rings. The highest BCUT2D eigenvalue weighted by Crippen LogP contribution is 2.20. The number of hydrogen-bond donors (Lipinski definition) is 2. The minimum Gasteiger partial charge on any atom is -0.379 e. The molecule has 1 aliphatic heterocycles. The summed E-state index contributed by atoms with van der Waals surface area (Å²) in [6.45, 7) is 12.3. The molecule has 1 atom stereocenters. The lowest BCUT2D eigenvalue weighted by molar-refractivity contribution is 0.00395. The molecule has 1 unspecified atom stereocenters. The number of nitrogens with one attached hydrogen (secondary N) is 2. The summed E-state index contributed by atoms with van der Waals surface area (Å²) < 4.78 is 5.54. The molecule has 1 fully saturated rings. The molecule has 1 aliphatic carbocycles. The molecule has 1 saturated heterocycles. The maximum Gasteiger partial charge on any atom is 0.191 e. The molecule has 6 heteroatoms. The van der Waals surface area contributed by atoms with Gasteiger partial charge >= 0.3 is 0 Å². The molecule has 1 heterocycles. The van der Waals surface area contributed by atoms with E-state index in [0.29, 0.717) is 18.0 Å². The summed E-state index contributed by atoms with van der Waals surface area (Å²) in [6, 6.07) is 1.01. The van der Waals surface area contributed by atoms with Gasteiger partial charge in [0.2, 0.25) is 0 Å². The second-order valence-corrected chi connectivity index (χ2v) is 6.80. The second kappa shape index (κ2) is 12.9. The Kier molecular flexibility index (Phi) is 11.7. The summed E-state index contributed by atoms with van der Waals surface area (Å²) in [4.78, 5) is 7.54.